The lowest BCUT2D eigenvalue weighted by atomic mass is 9.86. The number of amides is 1. The molecular formula is C31H29N5O6. The fourth-order valence-corrected chi connectivity index (χ4v) is 5.63. The fourth-order valence-electron chi connectivity index (χ4n) is 5.63. The summed E-state index contributed by atoms with van der Waals surface area (Å²) in [5, 5.41) is 0.630. The number of benzene rings is 3. The summed E-state index contributed by atoms with van der Waals surface area (Å²) in [6, 6.07) is 18.3. The predicted octanol–water partition coefficient (Wildman–Crippen LogP) is 4.42. The Morgan fingerprint density at radius 1 is 0.905 bits per heavy atom. The molecule has 6 rings (SSSR count). The second-order valence-electron chi connectivity index (χ2n) is 9.81. The molecule has 1 unspecified atom stereocenters. The number of primary amides is 1. The smallest absolute Gasteiger partial charge is 0.284 e. The zero-order valence-corrected chi connectivity index (χ0v) is 23.4. The number of hydrogen-bond acceptors (Lipinski definition) is 8. The summed E-state index contributed by atoms with van der Waals surface area (Å²) in [4.78, 5) is 34.8. The van der Waals surface area contributed by atoms with Gasteiger partial charge in [-0.15, -0.1) is 0 Å². The Hall–Kier alpha value is -5.32. The van der Waals surface area contributed by atoms with Crippen molar-refractivity contribution in [3.63, 3.8) is 0 Å². The van der Waals surface area contributed by atoms with E-state index in [1.54, 1.807) is 44.2 Å². The summed E-state index contributed by atoms with van der Waals surface area (Å²) in [7, 11) is 4.66. The molecule has 1 amide bonds. The van der Waals surface area contributed by atoms with E-state index in [1.807, 2.05) is 47.1 Å². The first kappa shape index (κ1) is 26.9. The molecule has 11 heteroatoms. The van der Waals surface area contributed by atoms with E-state index in [2.05, 4.69) is 9.97 Å². The molecule has 1 aliphatic heterocycles. The third-order valence-electron chi connectivity index (χ3n) is 7.52. The quantitative estimate of drug-likeness (QED) is 0.291. The van der Waals surface area contributed by atoms with Crippen molar-refractivity contribution in [3.8, 4) is 34.6 Å². The zero-order chi connectivity index (χ0) is 29.4. The number of fused-ring (bicyclic) bond motifs is 2. The monoisotopic (exact) mass is 567 g/mol. The van der Waals surface area contributed by atoms with Crippen LogP contribution in [-0.4, -0.2) is 46.6 Å². The van der Waals surface area contributed by atoms with Crippen molar-refractivity contribution in [1.82, 2.24) is 19.3 Å². The minimum atomic E-state index is -0.750. The van der Waals surface area contributed by atoms with E-state index in [1.165, 1.54) is 6.33 Å². The van der Waals surface area contributed by atoms with E-state index in [9.17, 15) is 9.59 Å². The van der Waals surface area contributed by atoms with E-state index < -0.39 is 11.5 Å². The van der Waals surface area contributed by atoms with Crippen LogP contribution in [0.5, 0.6) is 28.9 Å². The summed E-state index contributed by atoms with van der Waals surface area (Å²) < 4.78 is 26.2. The molecule has 0 aliphatic carbocycles. The van der Waals surface area contributed by atoms with Gasteiger partial charge in [-0.2, -0.15) is 0 Å². The number of carbonyl (C=O) groups is 1. The highest BCUT2D eigenvalue weighted by atomic mass is 16.5. The van der Waals surface area contributed by atoms with Gasteiger partial charge in [-0.25, -0.2) is 14.6 Å². The van der Waals surface area contributed by atoms with Crippen molar-refractivity contribution in [2.45, 2.75) is 25.3 Å². The first-order valence-electron chi connectivity index (χ1n) is 13.4. The van der Waals surface area contributed by atoms with Crippen molar-refractivity contribution in [2.75, 3.05) is 21.3 Å². The molecule has 1 aliphatic rings. The van der Waals surface area contributed by atoms with Crippen molar-refractivity contribution in [1.29, 1.82) is 0 Å². The van der Waals surface area contributed by atoms with Crippen LogP contribution >= 0.6 is 0 Å². The van der Waals surface area contributed by atoms with Crippen LogP contribution < -0.4 is 30.2 Å². The number of carbonyl (C=O) groups excluding carboxylic acids is 1. The van der Waals surface area contributed by atoms with Gasteiger partial charge >= 0.3 is 0 Å². The molecule has 0 radical (unpaired) electrons. The number of hydrogen-bond donors (Lipinski definition) is 1. The van der Waals surface area contributed by atoms with Crippen LogP contribution in [0.1, 0.15) is 40.4 Å². The average molecular weight is 568 g/mol. The number of para-hydroxylation sites is 1. The summed E-state index contributed by atoms with van der Waals surface area (Å²) in [6.07, 6.45) is 2.93. The molecule has 0 bridgehead atoms. The Morgan fingerprint density at radius 2 is 1.62 bits per heavy atom. The highest BCUT2D eigenvalue weighted by molar-refractivity contribution is 5.94. The topological polar surface area (TPSA) is 133 Å². The molecule has 3 aromatic carbocycles. The van der Waals surface area contributed by atoms with Gasteiger partial charge in [0.05, 0.1) is 43.6 Å². The van der Waals surface area contributed by atoms with Gasteiger partial charge < -0.3 is 24.7 Å². The van der Waals surface area contributed by atoms with E-state index >= 15 is 0 Å². The second kappa shape index (κ2) is 10.9. The maximum Gasteiger partial charge on any atom is 0.284 e. The molecule has 214 valence electrons. The standard InChI is InChI=1S/C31H29N5O6/c1-39-24-14-18(11-12-23(24)42-30-21-15-25(40-2)26(41-3)16-22(21)33-17-34-30)20-10-7-13-35-28(20)27(29(32)37)31(38)36(35)19-8-5-4-6-9-19/h4-6,8-9,11-12,14-17,20H,7,10,13H2,1-3H3,(H2,32,37). The molecule has 0 saturated heterocycles. The summed E-state index contributed by atoms with van der Waals surface area (Å²) in [5.41, 5.74) is 8.11. The third kappa shape index (κ3) is 4.48. The lowest BCUT2D eigenvalue weighted by molar-refractivity contribution is 0.0997. The van der Waals surface area contributed by atoms with Crippen LogP contribution in [0.2, 0.25) is 0 Å². The van der Waals surface area contributed by atoms with Crippen molar-refractivity contribution < 1.29 is 23.7 Å². The third-order valence-corrected chi connectivity index (χ3v) is 7.52. The molecule has 0 spiro atoms. The van der Waals surface area contributed by atoms with Crippen LogP contribution in [0, 0.1) is 0 Å². The van der Waals surface area contributed by atoms with Crippen LogP contribution in [0.15, 0.2) is 71.8 Å². The first-order valence-corrected chi connectivity index (χ1v) is 13.4. The Bertz CT molecular complexity index is 1860. The first-order chi connectivity index (χ1) is 20.4. The molecule has 11 nitrogen and oxygen atoms in total. The van der Waals surface area contributed by atoms with Gasteiger partial charge in [0.1, 0.15) is 11.9 Å². The van der Waals surface area contributed by atoms with Crippen LogP contribution in [0.4, 0.5) is 0 Å². The predicted molar refractivity (Wildman–Crippen MR) is 155 cm³/mol. The Morgan fingerprint density at radius 3 is 2.33 bits per heavy atom. The second-order valence-corrected chi connectivity index (χ2v) is 9.81. The lowest BCUT2D eigenvalue weighted by Crippen LogP contribution is -2.26. The van der Waals surface area contributed by atoms with E-state index in [-0.39, 0.29) is 11.5 Å². The Labute approximate surface area is 241 Å². The van der Waals surface area contributed by atoms with Crippen molar-refractivity contribution >= 4 is 16.8 Å². The van der Waals surface area contributed by atoms with Crippen LogP contribution in [0.25, 0.3) is 16.6 Å². The molecule has 2 aromatic heterocycles. The Kier molecular flexibility index (Phi) is 6.99. The number of rotatable bonds is 8. The molecule has 1 atom stereocenters. The molecule has 2 N–H and O–H groups in total. The largest absolute Gasteiger partial charge is 0.493 e. The maximum absolute atomic E-state index is 13.5. The summed E-state index contributed by atoms with van der Waals surface area (Å²) in [5.74, 6) is 1.25. The fraction of sp³-hybridized carbons (Fsp3) is 0.226. The van der Waals surface area contributed by atoms with E-state index in [0.717, 1.165) is 18.4 Å². The maximum atomic E-state index is 13.5. The number of ether oxygens (including phenoxy) is 4. The summed E-state index contributed by atoms with van der Waals surface area (Å²) in [6.45, 7) is 0.580. The van der Waals surface area contributed by atoms with Gasteiger partial charge in [-0.3, -0.25) is 14.3 Å². The minimum Gasteiger partial charge on any atom is -0.493 e. The molecule has 5 aromatic rings. The van der Waals surface area contributed by atoms with Gasteiger partial charge in [-0.1, -0.05) is 24.3 Å². The minimum absolute atomic E-state index is 0.000299. The number of aromatic nitrogens is 4. The van der Waals surface area contributed by atoms with Crippen LogP contribution in [-0.2, 0) is 6.54 Å². The van der Waals surface area contributed by atoms with E-state index in [4.69, 9.17) is 24.7 Å². The zero-order valence-electron chi connectivity index (χ0n) is 23.4. The summed E-state index contributed by atoms with van der Waals surface area (Å²) >= 11 is 0. The highest BCUT2D eigenvalue weighted by Crippen LogP contribution is 2.42. The van der Waals surface area contributed by atoms with Gasteiger partial charge in [-0.05, 0) is 48.7 Å². The molecule has 42 heavy (non-hydrogen) atoms. The van der Waals surface area contributed by atoms with Gasteiger partial charge in [0, 0.05) is 18.5 Å². The number of nitrogens with zero attached hydrogens (tertiary/aromatic N) is 4. The molecule has 0 saturated carbocycles. The van der Waals surface area contributed by atoms with Gasteiger partial charge in [0.15, 0.2) is 23.0 Å². The number of nitrogens with two attached hydrogens (primary N) is 1. The molecule has 3 heterocycles. The molecular weight excluding hydrogens is 538 g/mol. The average Bonchev–Trinajstić information content (AvgIpc) is 3.33. The number of methoxy groups -OCH3 is 3. The molecule has 0 fully saturated rings. The van der Waals surface area contributed by atoms with Gasteiger partial charge in [0.2, 0.25) is 5.88 Å². The van der Waals surface area contributed by atoms with Crippen molar-refractivity contribution in [2.24, 2.45) is 5.73 Å². The highest BCUT2D eigenvalue weighted by Gasteiger charge is 2.33. The van der Waals surface area contributed by atoms with Gasteiger partial charge in [0.25, 0.3) is 11.5 Å². The SMILES string of the molecule is COc1cc2ncnc(Oc3ccc(C4CCCn5c4c(C(N)=O)c(=O)n5-c4ccccc4)cc3OC)c2cc1OC. The Balaban J connectivity index is 1.42. The van der Waals surface area contributed by atoms with E-state index in [0.29, 0.717) is 57.7 Å². The van der Waals surface area contributed by atoms with Crippen LogP contribution in [0.3, 0.4) is 0 Å². The van der Waals surface area contributed by atoms with Crippen molar-refractivity contribution in [3.05, 3.63) is 94.2 Å². The lowest BCUT2D eigenvalue weighted by Gasteiger charge is -2.27. The normalized spacial score (nSPS) is 14.3.